The fourth-order valence-corrected chi connectivity index (χ4v) is 8.63. The van der Waals surface area contributed by atoms with Crippen LogP contribution in [0.1, 0.15) is 0 Å². The zero-order valence-electron chi connectivity index (χ0n) is 27.7. The van der Waals surface area contributed by atoms with Gasteiger partial charge in [0.05, 0.1) is 21.4 Å². The highest BCUT2D eigenvalue weighted by molar-refractivity contribution is 7.26. The SMILES string of the molecule is c1ccc(-c2nc(-c3ccc(-c4cc5c6ccccc6sc5c5nc6c7ccccc7ccc6n45)cc3)nc(-c3ccc4ccccc4c3)n2)cc1. The minimum absolute atomic E-state index is 0.632. The second-order valence-electron chi connectivity index (χ2n) is 13.1. The fourth-order valence-electron chi connectivity index (χ4n) is 7.47. The first-order valence-electron chi connectivity index (χ1n) is 17.3. The van der Waals surface area contributed by atoms with Crippen LogP contribution in [0.15, 0.2) is 164 Å². The van der Waals surface area contributed by atoms with Crippen LogP contribution in [-0.4, -0.2) is 24.3 Å². The third-order valence-electron chi connectivity index (χ3n) is 10.0. The molecule has 0 saturated carbocycles. The maximum Gasteiger partial charge on any atom is 0.164 e. The van der Waals surface area contributed by atoms with Crippen molar-refractivity contribution in [3.8, 4) is 45.4 Å². The van der Waals surface area contributed by atoms with Gasteiger partial charge in [0.25, 0.3) is 0 Å². The number of aromatic nitrogens is 5. The van der Waals surface area contributed by atoms with Crippen molar-refractivity contribution in [2.45, 2.75) is 0 Å². The number of imidazole rings is 1. The Morgan fingerprint density at radius 1 is 0.404 bits per heavy atom. The summed E-state index contributed by atoms with van der Waals surface area (Å²) in [6.07, 6.45) is 0. The molecule has 0 aliphatic heterocycles. The van der Waals surface area contributed by atoms with E-state index >= 15 is 0 Å². The number of benzene rings is 7. The lowest BCUT2D eigenvalue weighted by molar-refractivity contribution is 1.07. The van der Waals surface area contributed by atoms with Crippen molar-refractivity contribution in [2.75, 3.05) is 0 Å². The largest absolute Gasteiger partial charge is 0.291 e. The third-order valence-corrected chi connectivity index (χ3v) is 11.2. The van der Waals surface area contributed by atoms with E-state index in [0.717, 1.165) is 55.4 Å². The number of hydrogen-bond acceptors (Lipinski definition) is 5. The van der Waals surface area contributed by atoms with Gasteiger partial charge in [-0.15, -0.1) is 11.3 Å². The molecule has 0 unspecified atom stereocenters. The van der Waals surface area contributed by atoms with E-state index in [4.69, 9.17) is 19.9 Å². The van der Waals surface area contributed by atoms with E-state index in [9.17, 15) is 0 Å². The lowest BCUT2D eigenvalue weighted by Crippen LogP contribution is -2.00. The van der Waals surface area contributed by atoms with Gasteiger partial charge >= 0.3 is 0 Å². The van der Waals surface area contributed by atoms with Gasteiger partial charge in [0, 0.05) is 37.5 Å². The van der Waals surface area contributed by atoms with E-state index in [1.165, 1.54) is 30.9 Å². The van der Waals surface area contributed by atoms with Gasteiger partial charge in [-0.25, -0.2) is 19.9 Å². The van der Waals surface area contributed by atoms with E-state index in [1.54, 1.807) is 0 Å². The summed E-state index contributed by atoms with van der Waals surface area (Å²) in [7, 11) is 0. The second-order valence-corrected chi connectivity index (χ2v) is 14.2. The Kier molecular flexibility index (Phi) is 6.35. The van der Waals surface area contributed by atoms with Gasteiger partial charge in [-0.2, -0.15) is 0 Å². The lowest BCUT2D eigenvalue weighted by atomic mass is 10.0. The number of hydrogen-bond donors (Lipinski definition) is 0. The molecular weight excluding hydrogens is 655 g/mol. The molecule has 4 aromatic heterocycles. The molecule has 0 fully saturated rings. The number of rotatable bonds is 4. The summed E-state index contributed by atoms with van der Waals surface area (Å²) in [5.74, 6) is 1.92. The van der Waals surface area contributed by atoms with Crippen LogP contribution < -0.4 is 0 Å². The molecular formula is C46H27N5S. The van der Waals surface area contributed by atoms with Crippen LogP contribution in [0.2, 0.25) is 0 Å². The molecule has 0 amide bonds. The Bertz CT molecular complexity index is 3180. The van der Waals surface area contributed by atoms with Crippen LogP contribution in [-0.2, 0) is 0 Å². The molecule has 0 aliphatic rings. The topological polar surface area (TPSA) is 56.0 Å². The fraction of sp³-hybridized carbons (Fsp3) is 0. The second kappa shape index (κ2) is 11.4. The van der Waals surface area contributed by atoms with Crippen molar-refractivity contribution < 1.29 is 0 Å². The third kappa shape index (κ3) is 4.55. The number of fused-ring (bicyclic) bond motifs is 10. The minimum Gasteiger partial charge on any atom is -0.291 e. The summed E-state index contributed by atoms with van der Waals surface area (Å²) in [5.41, 5.74) is 8.09. The molecule has 11 aromatic rings. The standard InChI is InChI=1S/C46H27N5S/c1-2-12-31(13-3-1)43-48-44(50-45(49-43)34-23-18-28-10-4-5-14-33(28)26-34)32-21-19-30(20-22-32)39-27-37-36-16-8-9-17-40(36)52-42(37)46-47-41-35-15-7-6-11-29(35)24-25-38(41)51(39)46/h1-27H. The van der Waals surface area contributed by atoms with Crippen molar-refractivity contribution in [1.82, 2.24) is 24.3 Å². The quantitative estimate of drug-likeness (QED) is 0.185. The van der Waals surface area contributed by atoms with Crippen LogP contribution >= 0.6 is 11.3 Å². The minimum atomic E-state index is 0.632. The first-order chi connectivity index (χ1) is 25.7. The van der Waals surface area contributed by atoms with Crippen LogP contribution in [0.5, 0.6) is 0 Å². The van der Waals surface area contributed by atoms with Crippen molar-refractivity contribution in [3.63, 3.8) is 0 Å². The van der Waals surface area contributed by atoms with Gasteiger partial charge in [-0.1, -0.05) is 140 Å². The molecule has 0 spiro atoms. The average Bonchev–Trinajstić information content (AvgIpc) is 3.80. The molecule has 0 atom stereocenters. The predicted molar refractivity (Wildman–Crippen MR) is 216 cm³/mol. The maximum absolute atomic E-state index is 5.36. The highest BCUT2D eigenvalue weighted by atomic mass is 32.1. The average molecular weight is 682 g/mol. The number of nitrogens with zero attached hydrogens (tertiary/aromatic N) is 5. The van der Waals surface area contributed by atoms with Crippen LogP contribution in [0.4, 0.5) is 0 Å². The van der Waals surface area contributed by atoms with Crippen LogP contribution in [0.3, 0.4) is 0 Å². The monoisotopic (exact) mass is 681 g/mol. The molecule has 0 bridgehead atoms. The van der Waals surface area contributed by atoms with Gasteiger partial charge in [0.1, 0.15) is 0 Å². The molecule has 5 nitrogen and oxygen atoms in total. The summed E-state index contributed by atoms with van der Waals surface area (Å²) >= 11 is 1.81. The maximum atomic E-state index is 5.36. The molecule has 6 heteroatoms. The summed E-state index contributed by atoms with van der Waals surface area (Å²) in [6, 6.07) is 57.4. The van der Waals surface area contributed by atoms with Gasteiger partial charge in [0.15, 0.2) is 23.1 Å². The molecule has 4 heterocycles. The summed E-state index contributed by atoms with van der Waals surface area (Å²) in [6.45, 7) is 0. The Labute approximate surface area is 302 Å². The Balaban J connectivity index is 1.11. The van der Waals surface area contributed by atoms with Gasteiger partial charge < -0.3 is 0 Å². The highest BCUT2D eigenvalue weighted by Crippen LogP contribution is 2.41. The highest BCUT2D eigenvalue weighted by Gasteiger charge is 2.19. The van der Waals surface area contributed by atoms with Crippen LogP contribution in [0.25, 0.3) is 104 Å². The Morgan fingerprint density at radius 2 is 1.00 bits per heavy atom. The lowest BCUT2D eigenvalue weighted by Gasteiger charge is -2.11. The molecule has 7 aromatic carbocycles. The van der Waals surface area contributed by atoms with Gasteiger partial charge in [-0.05, 0) is 46.0 Å². The van der Waals surface area contributed by atoms with E-state index in [1.807, 2.05) is 41.7 Å². The van der Waals surface area contributed by atoms with Gasteiger partial charge in [0.2, 0.25) is 0 Å². The van der Waals surface area contributed by atoms with Crippen LogP contribution in [0, 0.1) is 0 Å². The van der Waals surface area contributed by atoms with E-state index < -0.39 is 0 Å². The first kappa shape index (κ1) is 29.0. The Morgan fingerprint density at radius 3 is 1.81 bits per heavy atom. The van der Waals surface area contributed by atoms with Crippen molar-refractivity contribution in [3.05, 3.63) is 164 Å². The molecule has 0 saturated heterocycles. The molecule has 0 N–H and O–H groups in total. The Hall–Kier alpha value is -6.76. The van der Waals surface area contributed by atoms with Crippen molar-refractivity contribution in [2.24, 2.45) is 0 Å². The summed E-state index contributed by atoms with van der Waals surface area (Å²) in [5, 5.41) is 7.14. The summed E-state index contributed by atoms with van der Waals surface area (Å²) < 4.78 is 4.79. The normalized spacial score (nSPS) is 11.8. The smallest absolute Gasteiger partial charge is 0.164 e. The molecule has 0 aliphatic carbocycles. The molecule has 52 heavy (non-hydrogen) atoms. The molecule has 242 valence electrons. The predicted octanol–water partition coefficient (Wildman–Crippen LogP) is 12.0. The zero-order valence-corrected chi connectivity index (χ0v) is 28.5. The van der Waals surface area contributed by atoms with E-state index in [-0.39, 0.29) is 0 Å². The zero-order chi connectivity index (χ0) is 34.2. The number of pyridine rings is 1. The van der Waals surface area contributed by atoms with Crippen molar-refractivity contribution >= 4 is 69.7 Å². The molecule has 11 rings (SSSR count). The number of thiophene rings is 1. The van der Waals surface area contributed by atoms with Crippen molar-refractivity contribution in [1.29, 1.82) is 0 Å². The molecule has 0 radical (unpaired) electrons. The van der Waals surface area contributed by atoms with E-state index in [2.05, 4.69) is 138 Å². The van der Waals surface area contributed by atoms with Gasteiger partial charge in [-0.3, -0.25) is 4.40 Å². The summed E-state index contributed by atoms with van der Waals surface area (Å²) in [4.78, 5) is 20.4. The van der Waals surface area contributed by atoms with E-state index in [0.29, 0.717) is 17.5 Å². The first-order valence-corrected chi connectivity index (χ1v) is 18.1.